The van der Waals surface area contributed by atoms with Gasteiger partial charge in [-0.15, -0.1) is 0 Å². The molecule has 0 aliphatic carbocycles. The molecule has 6 nitrogen and oxygen atoms in total. The number of nitrogens with one attached hydrogen (secondary N) is 1. The van der Waals surface area contributed by atoms with Gasteiger partial charge in [0.15, 0.2) is 10.9 Å². The number of carbonyl (C=O) groups is 2. The molecule has 1 aromatic heterocycles. The Bertz CT molecular complexity index is 882. The van der Waals surface area contributed by atoms with Crippen molar-refractivity contribution in [1.82, 2.24) is 14.9 Å². The standard InChI is InChI=1S/C20H23ClN4O2S/c1-12-8-13(2)11-25(10-12)19(27)14-6-4-5-7-16(14)23-18(26)17-15(21)9-22-20(24-17)28-3/h4-7,9,12-13H,8,10-11H2,1-3H3,(H,23,26). The van der Waals surface area contributed by atoms with Crippen LogP contribution in [0.3, 0.4) is 0 Å². The van der Waals surface area contributed by atoms with Crippen molar-refractivity contribution in [3.63, 3.8) is 0 Å². The molecule has 28 heavy (non-hydrogen) atoms. The Morgan fingerprint density at radius 2 is 1.89 bits per heavy atom. The highest BCUT2D eigenvalue weighted by Crippen LogP contribution is 2.26. The Labute approximate surface area is 174 Å². The molecule has 8 heteroatoms. The second kappa shape index (κ2) is 8.92. The van der Waals surface area contributed by atoms with Gasteiger partial charge in [-0.25, -0.2) is 9.97 Å². The lowest BCUT2D eigenvalue weighted by molar-refractivity contribution is 0.0624. The van der Waals surface area contributed by atoms with Crippen molar-refractivity contribution in [3.05, 3.63) is 46.7 Å². The lowest BCUT2D eigenvalue weighted by atomic mass is 9.91. The maximum absolute atomic E-state index is 13.1. The van der Waals surface area contributed by atoms with Crippen molar-refractivity contribution in [1.29, 1.82) is 0 Å². The highest BCUT2D eigenvalue weighted by Gasteiger charge is 2.27. The quantitative estimate of drug-likeness (QED) is 0.594. The van der Waals surface area contributed by atoms with Crippen LogP contribution >= 0.6 is 23.4 Å². The second-order valence-electron chi connectivity index (χ2n) is 7.21. The Hall–Kier alpha value is -2.12. The lowest BCUT2D eigenvalue weighted by Gasteiger charge is -2.35. The number of para-hydroxylation sites is 1. The summed E-state index contributed by atoms with van der Waals surface area (Å²) in [6, 6.07) is 7.02. The van der Waals surface area contributed by atoms with Gasteiger partial charge in [0.25, 0.3) is 11.8 Å². The van der Waals surface area contributed by atoms with E-state index in [1.807, 2.05) is 11.2 Å². The molecule has 0 bridgehead atoms. The molecule has 1 aromatic carbocycles. The minimum Gasteiger partial charge on any atom is -0.338 e. The molecule has 1 aliphatic heterocycles. The summed E-state index contributed by atoms with van der Waals surface area (Å²) in [5.41, 5.74) is 1.000. The molecular formula is C20H23ClN4O2S. The molecule has 2 atom stereocenters. The molecule has 2 amide bonds. The number of hydrogen-bond acceptors (Lipinski definition) is 5. The molecule has 1 N–H and O–H groups in total. The van der Waals surface area contributed by atoms with E-state index in [0.717, 1.165) is 19.5 Å². The van der Waals surface area contributed by atoms with Gasteiger partial charge in [-0.3, -0.25) is 9.59 Å². The van der Waals surface area contributed by atoms with Gasteiger partial charge in [-0.1, -0.05) is 49.3 Å². The molecule has 0 spiro atoms. The van der Waals surface area contributed by atoms with E-state index < -0.39 is 5.91 Å². The van der Waals surface area contributed by atoms with Crippen LogP contribution < -0.4 is 5.32 Å². The van der Waals surface area contributed by atoms with Crippen molar-refractivity contribution < 1.29 is 9.59 Å². The van der Waals surface area contributed by atoms with Crippen LogP contribution in [0.2, 0.25) is 5.02 Å². The summed E-state index contributed by atoms with van der Waals surface area (Å²) in [7, 11) is 0. The van der Waals surface area contributed by atoms with Crippen molar-refractivity contribution in [2.24, 2.45) is 11.8 Å². The Kier molecular flexibility index (Phi) is 6.57. The molecule has 2 heterocycles. The van der Waals surface area contributed by atoms with Crippen LogP contribution in [-0.2, 0) is 0 Å². The summed E-state index contributed by atoms with van der Waals surface area (Å²) < 4.78 is 0. The number of amides is 2. The van der Waals surface area contributed by atoms with Gasteiger partial charge in [0, 0.05) is 13.1 Å². The van der Waals surface area contributed by atoms with Crippen molar-refractivity contribution in [3.8, 4) is 0 Å². The largest absolute Gasteiger partial charge is 0.338 e. The number of hydrogen-bond donors (Lipinski definition) is 1. The molecule has 2 aromatic rings. The summed E-state index contributed by atoms with van der Waals surface area (Å²) in [6.45, 7) is 5.76. The summed E-state index contributed by atoms with van der Waals surface area (Å²) in [6.07, 6.45) is 4.34. The van der Waals surface area contributed by atoms with Crippen LogP contribution in [0.5, 0.6) is 0 Å². The summed E-state index contributed by atoms with van der Waals surface area (Å²) in [5.74, 6) is 0.370. The van der Waals surface area contributed by atoms with Gasteiger partial charge in [0.05, 0.1) is 22.5 Å². The minimum absolute atomic E-state index is 0.0760. The third-order valence-electron chi connectivity index (χ3n) is 4.68. The fraction of sp³-hybridized carbons (Fsp3) is 0.400. The molecule has 1 fully saturated rings. The number of nitrogens with zero attached hydrogens (tertiary/aromatic N) is 3. The Balaban J connectivity index is 1.84. The third-order valence-corrected chi connectivity index (χ3v) is 5.52. The first-order chi connectivity index (χ1) is 13.4. The number of anilines is 1. The van der Waals surface area contributed by atoms with E-state index in [-0.39, 0.29) is 16.6 Å². The van der Waals surface area contributed by atoms with Crippen LogP contribution in [0.15, 0.2) is 35.6 Å². The summed E-state index contributed by atoms with van der Waals surface area (Å²) >= 11 is 7.42. The van der Waals surface area contributed by atoms with Gasteiger partial charge >= 0.3 is 0 Å². The van der Waals surface area contributed by atoms with Crippen LogP contribution in [0.1, 0.15) is 41.1 Å². The van der Waals surface area contributed by atoms with Gasteiger partial charge in [-0.2, -0.15) is 0 Å². The van der Waals surface area contributed by atoms with E-state index in [0.29, 0.717) is 28.2 Å². The Morgan fingerprint density at radius 1 is 1.21 bits per heavy atom. The number of thioether (sulfide) groups is 1. The number of carbonyl (C=O) groups excluding carboxylic acids is 2. The summed E-state index contributed by atoms with van der Waals surface area (Å²) in [4.78, 5) is 36.0. The van der Waals surface area contributed by atoms with Crippen LogP contribution in [-0.4, -0.2) is 46.0 Å². The smallest absolute Gasteiger partial charge is 0.276 e. The first-order valence-electron chi connectivity index (χ1n) is 9.15. The lowest BCUT2D eigenvalue weighted by Crippen LogP contribution is -2.42. The molecule has 3 rings (SSSR count). The Morgan fingerprint density at radius 3 is 2.57 bits per heavy atom. The molecule has 0 saturated carbocycles. The normalized spacial score (nSPS) is 19.4. The van der Waals surface area contributed by atoms with Crippen LogP contribution in [0.4, 0.5) is 5.69 Å². The number of rotatable bonds is 4. The SMILES string of the molecule is CSc1ncc(Cl)c(C(=O)Nc2ccccc2C(=O)N2CC(C)CC(C)C2)n1. The van der Waals surface area contributed by atoms with E-state index >= 15 is 0 Å². The predicted octanol–water partition coefficient (Wildman–Crippen LogP) is 4.22. The van der Waals surface area contributed by atoms with E-state index in [9.17, 15) is 9.59 Å². The third kappa shape index (κ3) is 4.64. The maximum atomic E-state index is 13.1. The first kappa shape index (κ1) is 20.6. The van der Waals surface area contributed by atoms with Gasteiger partial charge < -0.3 is 10.2 Å². The molecular weight excluding hydrogens is 396 g/mol. The fourth-order valence-corrected chi connectivity index (χ4v) is 4.09. The number of piperidine rings is 1. The zero-order valence-electron chi connectivity index (χ0n) is 16.1. The van der Waals surface area contributed by atoms with Gasteiger partial charge in [0.2, 0.25) is 0 Å². The van der Waals surface area contributed by atoms with Crippen molar-refractivity contribution >= 4 is 40.9 Å². The van der Waals surface area contributed by atoms with E-state index in [2.05, 4.69) is 29.1 Å². The second-order valence-corrected chi connectivity index (χ2v) is 8.39. The zero-order chi connectivity index (χ0) is 20.3. The van der Waals surface area contributed by atoms with E-state index in [1.165, 1.54) is 18.0 Å². The number of aromatic nitrogens is 2. The van der Waals surface area contributed by atoms with Crippen molar-refractivity contribution in [2.45, 2.75) is 25.4 Å². The molecule has 0 radical (unpaired) electrons. The first-order valence-corrected chi connectivity index (χ1v) is 10.8. The zero-order valence-corrected chi connectivity index (χ0v) is 17.7. The monoisotopic (exact) mass is 418 g/mol. The topological polar surface area (TPSA) is 75.2 Å². The minimum atomic E-state index is -0.469. The highest BCUT2D eigenvalue weighted by atomic mass is 35.5. The number of benzene rings is 1. The van der Waals surface area contributed by atoms with Crippen LogP contribution in [0.25, 0.3) is 0 Å². The molecule has 1 saturated heterocycles. The molecule has 148 valence electrons. The highest BCUT2D eigenvalue weighted by molar-refractivity contribution is 7.98. The van der Waals surface area contributed by atoms with E-state index in [1.54, 1.807) is 24.3 Å². The van der Waals surface area contributed by atoms with Crippen LogP contribution in [0, 0.1) is 11.8 Å². The maximum Gasteiger partial charge on any atom is 0.276 e. The molecule has 1 aliphatic rings. The van der Waals surface area contributed by atoms with E-state index in [4.69, 9.17) is 11.6 Å². The average molecular weight is 419 g/mol. The number of halogens is 1. The average Bonchev–Trinajstić information content (AvgIpc) is 2.67. The van der Waals surface area contributed by atoms with Gasteiger partial charge in [-0.05, 0) is 36.6 Å². The predicted molar refractivity (Wildman–Crippen MR) is 112 cm³/mol. The fourth-order valence-electron chi connectivity index (χ4n) is 3.57. The van der Waals surface area contributed by atoms with Gasteiger partial charge in [0.1, 0.15) is 0 Å². The molecule has 2 unspecified atom stereocenters. The number of likely N-dealkylation sites (tertiary alicyclic amines) is 1. The van der Waals surface area contributed by atoms with Crippen molar-refractivity contribution in [2.75, 3.05) is 24.7 Å². The summed E-state index contributed by atoms with van der Waals surface area (Å²) in [5, 5.41) is 3.41.